The van der Waals surface area contributed by atoms with Crippen molar-refractivity contribution < 1.29 is 14.4 Å². The van der Waals surface area contributed by atoms with Gasteiger partial charge in [0.15, 0.2) is 5.75 Å². The fourth-order valence-electron chi connectivity index (χ4n) is 4.20. The topological polar surface area (TPSA) is 108 Å². The Kier molecular flexibility index (Phi) is 5.79. The molecule has 0 spiro atoms. The summed E-state index contributed by atoms with van der Waals surface area (Å²) in [7, 11) is 0. The smallest absolute Gasteiger partial charge is 0.311 e. The lowest BCUT2D eigenvalue weighted by atomic mass is 10.1. The Hall–Kier alpha value is -3.17. The predicted molar refractivity (Wildman–Crippen MR) is 118 cm³/mol. The van der Waals surface area contributed by atoms with E-state index in [1.54, 1.807) is 19.1 Å². The van der Waals surface area contributed by atoms with Crippen molar-refractivity contribution >= 4 is 17.0 Å². The Labute approximate surface area is 180 Å². The van der Waals surface area contributed by atoms with Crippen molar-refractivity contribution in [1.29, 1.82) is 0 Å². The number of nitro benzene ring substituents is 1. The minimum absolute atomic E-state index is 0.0736. The molecule has 0 amide bonds. The van der Waals surface area contributed by atoms with Crippen LogP contribution in [0, 0.1) is 10.1 Å². The molecule has 2 atom stereocenters. The third-order valence-electron chi connectivity index (χ3n) is 5.34. The number of morpholine rings is 1. The molecular weight excluding hydrogens is 398 g/mol. The van der Waals surface area contributed by atoms with E-state index >= 15 is 0 Å². The quantitative estimate of drug-likeness (QED) is 0.476. The van der Waals surface area contributed by atoms with Crippen LogP contribution < -0.4 is 10.5 Å². The average Bonchev–Trinajstić information content (AvgIpc) is 3.05. The van der Waals surface area contributed by atoms with E-state index < -0.39 is 4.92 Å². The number of anilines is 1. The Balaban J connectivity index is 1.81. The second-order valence-electron chi connectivity index (χ2n) is 7.92. The highest BCUT2D eigenvalue weighted by Gasteiger charge is 2.26. The van der Waals surface area contributed by atoms with Crippen LogP contribution in [0.15, 0.2) is 36.5 Å². The lowest BCUT2D eigenvalue weighted by Crippen LogP contribution is -2.45. The number of ether oxygens (including phenoxy) is 2. The summed E-state index contributed by atoms with van der Waals surface area (Å²) < 4.78 is 13.3. The molecule has 1 aliphatic rings. The molecule has 0 bridgehead atoms. The van der Waals surface area contributed by atoms with Crippen LogP contribution in [0.25, 0.3) is 16.9 Å². The van der Waals surface area contributed by atoms with E-state index in [9.17, 15) is 10.1 Å². The molecule has 31 heavy (non-hydrogen) atoms. The van der Waals surface area contributed by atoms with Crippen LogP contribution in [0.2, 0.25) is 0 Å². The number of hydrogen-bond acceptors (Lipinski definition) is 7. The molecule has 1 aromatic carbocycles. The first kappa shape index (κ1) is 21.1. The van der Waals surface area contributed by atoms with Gasteiger partial charge in [0.05, 0.1) is 35.1 Å². The molecule has 9 heteroatoms. The Morgan fingerprint density at radius 1 is 1.26 bits per heavy atom. The largest absolute Gasteiger partial charge is 0.487 e. The molecule has 0 saturated carbocycles. The number of rotatable bonds is 6. The molecule has 4 rings (SSSR count). The van der Waals surface area contributed by atoms with Crippen molar-refractivity contribution in [2.75, 3.05) is 25.4 Å². The standard InChI is InChI=1S/C22H27N5O4/c1-4-30-20-7-5-16(9-18(20)27(28)29)22-19(13-25-10-14(2)31-15(3)11-25)26-12-17(23)6-8-21(26)24-22/h5-9,12,14-15H,4,10-11,13,23H2,1-3H3. The summed E-state index contributed by atoms with van der Waals surface area (Å²) in [5.41, 5.74) is 9.64. The van der Waals surface area contributed by atoms with Gasteiger partial charge in [0.2, 0.25) is 0 Å². The summed E-state index contributed by atoms with van der Waals surface area (Å²) in [6.07, 6.45) is 2.10. The van der Waals surface area contributed by atoms with E-state index in [4.69, 9.17) is 20.2 Å². The van der Waals surface area contributed by atoms with Gasteiger partial charge in [0.1, 0.15) is 5.65 Å². The first-order valence-corrected chi connectivity index (χ1v) is 10.4. The van der Waals surface area contributed by atoms with E-state index in [1.807, 2.05) is 22.7 Å². The predicted octanol–water partition coefficient (Wildman–Crippen LogP) is 3.50. The molecular formula is C22H27N5O4. The lowest BCUT2D eigenvalue weighted by molar-refractivity contribution is -0.385. The molecule has 1 saturated heterocycles. The van der Waals surface area contributed by atoms with Gasteiger partial charge in [-0.3, -0.25) is 15.0 Å². The fourth-order valence-corrected chi connectivity index (χ4v) is 4.20. The highest BCUT2D eigenvalue weighted by molar-refractivity contribution is 5.71. The van der Waals surface area contributed by atoms with E-state index in [-0.39, 0.29) is 23.6 Å². The first-order valence-electron chi connectivity index (χ1n) is 10.4. The Bertz CT molecular complexity index is 1100. The minimum atomic E-state index is -0.423. The zero-order valence-corrected chi connectivity index (χ0v) is 17.9. The zero-order valence-electron chi connectivity index (χ0n) is 17.9. The Morgan fingerprint density at radius 2 is 2.00 bits per heavy atom. The third kappa shape index (κ3) is 4.33. The van der Waals surface area contributed by atoms with E-state index in [0.717, 1.165) is 24.4 Å². The van der Waals surface area contributed by atoms with Gasteiger partial charge in [-0.1, -0.05) is 0 Å². The molecule has 3 heterocycles. The molecule has 0 radical (unpaired) electrons. The van der Waals surface area contributed by atoms with E-state index in [0.29, 0.717) is 30.1 Å². The number of nitro groups is 1. The van der Waals surface area contributed by atoms with Gasteiger partial charge in [-0.2, -0.15) is 0 Å². The van der Waals surface area contributed by atoms with Crippen LogP contribution in [0.5, 0.6) is 5.75 Å². The number of benzene rings is 1. The molecule has 3 aromatic rings. The number of pyridine rings is 1. The molecule has 164 valence electrons. The highest BCUT2D eigenvalue weighted by Crippen LogP contribution is 2.34. The number of nitrogens with two attached hydrogens (primary N) is 1. The monoisotopic (exact) mass is 425 g/mol. The summed E-state index contributed by atoms with van der Waals surface area (Å²) >= 11 is 0. The molecule has 1 aliphatic heterocycles. The van der Waals surface area contributed by atoms with Crippen LogP contribution in [0.1, 0.15) is 26.5 Å². The number of aromatic nitrogens is 2. The van der Waals surface area contributed by atoms with E-state index in [2.05, 4.69) is 18.7 Å². The van der Waals surface area contributed by atoms with Gasteiger partial charge in [0, 0.05) is 43.1 Å². The maximum Gasteiger partial charge on any atom is 0.311 e. The molecule has 2 aromatic heterocycles. The number of fused-ring (bicyclic) bond motifs is 1. The summed E-state index contributed by atoms with van der Waals surface area (Å²) in [4.78, 5) is 18.3. The van der Waals surface area contributed by atoms with Crippen LogP contribution >= 0.6 is 0 Å². The van der Waals surface area contributed by atoms with Crippen molar-refractivity contribution in [2.24, 2.45) is 0 Å². The summed E-state index contributed by atoms with van der Waals surface area (Å²) in [6.45, 7) is 8.49. The summed E-state index contributed by atoms with van der Waals surface area (Å²) in [5.74, 6) is 0.252. The van der Waals surface area contributed by atoms with E-state index in [1.165, 1.54) is 6.07 Å². The van der Waals surface area contributed by atoms with Crippen molar-refractivity contribution in [1.82, 2.24) is 14.3 Å². The molecule has 2 N–H and O–H groups in total. The van der Waals surface area contributed by atoms with Gasteiger partial charge in [-0.25, -0.2) is 4.98 Å². The van der Waals surface area contributed by atoms with Gasteiger partial charge < -0.3 is 19.6 Å². The van der Waals surface area contributed by atoms with Crippen molar-refractivity contribution in [3.05, 3.63) is 52.3 Å². The summed E-state index contributed by atoms with van der Waals surface area (Å²) in [6, 6.07) is 8.64. The normalized spacial score (nSPS) is 19.6. The van der Waals surface area contributed by atoms with Crippen LogP contribution in [0.3, 0.4) is 0 Å². The third-order valence-corrected chi connectivity index (χ3v) is 5.34. The number of nitrogen functional groups attached to an aromatic ring is 1. The molecule has 9 nitrogen and oxygen atoms in total. The Morgan fingerprint density at radius 3 is 2.68 bits per heavy atom. The minimum Gasteiger partial charge on any atom is -0.487 e. The maximum absolute atomic E-state index is 11.6. The average molecular weight is 425 g/mol. The first-order chi connectivity index (χ1) is 14.9. The molecule has 2 unspecified atom stereocenters. The van der Waals surface area contributed by atoms with Crippen molar-refractivity contribution in [3.63, 3.8) is 0 Å². The van der Waals surface area contributed by atoms with Crippen LogP contribution in [-0.2, 0) is 11.3 Å². The van der Waals surface area contributed by atoms with Gasteiger partial charge in [-0.15, -0.1) is 0 Å². The zero-order chi connectivity index (χ0) is 22.1. The fraction of sp³-hybridized carbons (Fsp3) is 0.409. The number of imidazole rings is 1. The molecule has 1 fully saturated rings. The molecule has 0 aliphatic carbocycles. The van der Waals surface area contributed by atoms with Gasteiger partial charge in [0.25, 0.3) is 0 Å². The SMILES string of the molecule is CCOc1ccc(-c2nc3ccc(N)cn3c2CN2CC(C)OC(C)C2)cc1[N+](=O)[O-]. The second kappa shape index (κ2) is 8.52. The van der Waals surface area contributed by atoms with Crippen LogP contribution in [0.4, 0.5) is 11.4 Å². The van der Waals surface area contributed by atoms with Crippen LogP contribution in [-0.4, -0.2) is 51.1 Å². The van der Waals surface area contributed by atoms with Crippen molar-refractivity contribution in [3.8, 4) is 17.0 Å². The second-order valence-corrected chi connectivity index (χ2v) is 7.92. The lowest BCUT2D eigenvalue weighted by Gasteiger charge is -2.35. The maximum atomic E-state index is 11.6. The van der Waals surface area contributed by atoms with Crippen molar-refractivity contribution in [2.45, 2.75) is 39.5 Å². The number of hydrogen-bond donors (Lipinski definition) is 1. The van der Waals surface area contributed by atoms with Gasteiger partial charge >= 0.3 is 5.69 Å². The van der Waals surface area contributed by atoms with Gasteiger partial charge in [-0.05, 0) is 45.0 Å². The highest BCUT2D eigenvalue weighted by atomic mass is 16.6. The summed E-state index contributed by atoms with van der Waals surface area (Å²) in [5, 5.41) is 11.6. The number of nitrogens with zero attached hydrogens (tertiary/aromatic N) is 4.